The molecule has 2 aromatic carbocycles. The zero-order valence-electron chi connectivity index (χ0n) is 24.8. The molecule has 0 spiro atoms. The molecule has 4 heterocycles. The van der Waals surface area contributed by atoms with E-state index in [4.69, 9.17) is 9.40 Å². The minimum atomic E-state index is 0.296. The van der Waals surface area contributed by atoms with Crippen molar-refractivity contribution in [3.05, 3.63) is 143 Å². The minimum absolute atomic E-state index is 0.296. The smallest absolute Gasteiger partial charge is 0.145 e. The number of nitrogens with zero attached hydrogens (tertiary/aromatic N) is 2. The SMILES string of the molecule is C1=CCCC(C2C=C(c3ccc4ccccc4n3)C[C@@H](N3C4=C(C=CNC4)c4oc5ccccc5c4C4=C3CCC=C4)C2)=C1. The van der Waals surface area contributed by atoms with Crippen LogP contribution in [0.15, 0.2) is 131 Å². The van der Waals surface area contributed by atoms with Crippen LogP contribution in [0.1, 0.15) is 55.5 Å². The summed E-state index contributed by atoms with van der Waals surface area (Å²) >= 11 is 0. The van der Waals surface area contributed by atoms with Crippen molar-refractivity contribution in [2.45, 2.75) is 44.6 Å². The molecule has 1 N–H and O–H groups in total. The van der Waals surface area contributed by atoms with E-state index in [1.807, 2.05) is 0 Å². The molecular formula is C40H35N3O. The molecule has 44 heavy (non-hydrogen) atoms. The average molecular weight is 574 g/mol. The van der Waals surface area contributed by atoms with Crippen LogP contribution in [-0.2, 0) is 0 Å². The summed E-state index contributed by atoms with van der Waals surface area (Å²) in [6, 6.07) is 21.8. The second-order valence-corrected chi connectivity index (χ2v) is 12.5. The van der Waals surface area contributed by atoms with Gasteiger partial charge in [-0.15, -0.1) is 0 Å². The van der Waals surface area contributed by atoms with Gasteiger partial charge < -0.3 is 14.6 Å². The average Bonchev–Trinajstić information content (AvgIpc) is 3.43. The van der Waals surface area contributed by atoms with E-state index in [1.54, 1.807) is 0 Å². The largest absolute Gasteiger partial charge is 0.455 e. The maximum Gasteiger partial charge on any atom is 0.145 e. The Labute approximate surface area is 258 Å². The summed E-state index contributed by atoms with van der Waals surface area (Å²) in [5, 5.41) is 5.95. The third kappa shape index (κ3) is 4.16. The summed E-state index contributed by atoms with van der Waals surface area (Å²) in [5.74, 6) is 1.38. The number of para-hydroxylation sites is 2. The highest BCUT2D eigenvalue weighted by atomic mass is 16.3. The zero-order chi connectivity index (χ0) is 29.0. The van der Waals surface area contributed by atoms with Crippen LogP contribution in [0, 0.1) is 5.92 Å². The van der Waals surface area contributed by atoms with Crippen molar-refractivity contribution >= 4 is 38.6 Å². The second kappa shape index (κ2) is 10.4. The van der Waals surface area contributed by atoms with Crippen molar-refractivity contribution in [3.63, 3.8) is 0 Å². The van der Waals surface area contributed by atoms with E-state index < -0.39 is 0 Å². The van der Waals surface area contributed by atoms with E-state index >= 15 is 0 Å². The lowest BCUT2D eigenvalue weighted by Crippen LogP contribution is -2.41. The molecule has 3 aliphatic carbocycles. The third-order valence-electron chi connectivity index (χ3n) is 9.98. The van der Waals surface area contributed by atoms with Crippen LogP contribution in [0.3, 0.4) is 0 Å². The molecule has 5 aliphatic rings. The summed E-state index contributed by atoms with van der Waals surface area (Å²) in [6.07, 6.45) is 24.8. The molecule has 0 saturated carbocycles. The Morgan fingerprint density at radius 3 is 2.73 bits per heavy atom. The van der Waals surface area contributed by atoms with Crippen LogP contribution >= 0.6 is 0 Å². The van der Waals surface area contributed by atoms with Gasteiger partial charge in [0.25, 0.3) is 0 Å². The van der Waals surface area contributed by atoms with Crippen molar-refractivity contribution in [3.8, 4) is 0 Å². The lowest BCUT2D eigenvalue weighted by molar-refractivity contribution is 0.267. The lowest BCUT2D eigenvalue weighted by atomic mass is 9.78. The number of rotatable bonds is 3. The molecule has 4 nitrogen and oxygen atoms in total. The summed E-state index contributed by atoms with van der Waals surface area (Å²) in [7, 11) is 0. The van der Waals surface area contributed by atoms with Crippen LogP contribution < -0.4 is 5.32 Å². The lowest BCUT2D eigenvalue weighted by Gasteiger charge is -2.43. The van der Waals surface area contributed by atoms with Crippen molar-refractivity contribution < 1.29 is 4.42 Å². The number of nitrogens with one attached hydrogen (secondary N) is 1. The number of allylic oxidation sites excluding steroid dienone is 11. The van der Waals surface area contributed by atoms with Gasteiger partial charge >= 0.3 is 0 Å². The van der Waals surface area contributed by atoms with E-state index in [9.17, 15) is 0 Å². The maximum absolute atomic E-state index is 6.70. The van der Waals surface area contributed by atoms with Gasteiger partial charge in [-0.25, -0.2) is 4.98 Å². The Kier molecular flexibility index (Phi) is 6.07. The molecule has 2 atom stereocenters. The topological polar surface area (TPSA) is 41.3 Å². The Balaban J connectivity index is 1.23. The highest BCUT2D eigenvalue weighted by Gasteiger charge is 2.38. The van der Waals surface area contributed by atoms with Crippen LogP contribution in [0.5, 0.6) is 0 Å². The number of pyridine rings is 1. The first-order valence-electron chi connectivity index (χ1n) is 16.1. The van der Waals surface area contributed by atoms with Gasteiger partial charge in [-0.3, -0.25) is 0 Å². The maximum atomic E-state index is 6.70. The van der Waals surface area contributed by atoms with Gasteiger partial charge in [0.15, 0.2) is 0 Å². The van der Waals surface area contributed by atoms with Gasteiger partial charge in [0.05, 0.1) is 17.8 Å². The molecule has 4 heteroatoms. The Bertz CT molecular complexity index is 2040. The molecule has 2 aliphatic heterocycles. The molecule has 1 unspecified atom stereocenters. The van der Waals surface area contributed by atoms with Crippen molar-refractivity contribution in [1.29, 1.82) is 0 Å². The Morgan fingerprint density at radius 1 is 0.864 bits per heavy atom. The fraction of sp³-hybridized carbons (Fsp3) is 0.225. The third-order valence-corrected chi connectivity index (χ3v) is 9.98. The monoisotopic (exact) mass is 573 g/mol. The molecule has 0 saturated heterocycles. The first kappa shape index (κ1) is 25.6. The van der Waals surface area contributed by atoms with Gasteiger partial charge in [0.2, 0.25) is 0 Å². The van der Waals surface area contributed by atoms with E-state index in [0.29, 0.717) is 12.0 Å². The normalized spacial score (nSPS) is 22.8. The number of benzene rings is 2. The number of furan rings is 1. The number of dihydropyridines is 1. The predicted octanol–water partition coefficient (Wildman–Crippen LogP) is 9.32. The molecule has 216 valence electrons. The van der Waals surface area contributed by atoms with Gasteiger partial charge in [-0.1, -0.05) is 84.5 Å². The minimum Gasteiger partial charge on any atom is -0.455 e. The number of aromatic nitrogens is 1. The molecule has 2 aromatic heterocycles. The molecule has 9 rings (SSSR count). The van der Waals surface area contributed by atoms with E-state index in [2.05, 4.69) is 120 Å². The van der Waals surface area contributed by atoms with Crippen LogP contribution in [0.4, 0.5) is 0 Å². The summed E-state index contributed by atoms with van der Waals surface area (Å²) < 4.78 is 6.70. The van der Waals surface area contributed by atoms with Crippen molar-refractivity contribution in [2.75, 3.05) is 6.54 Å². The van der Waals surface area contributed by atoms with Crippen LogP contribution in [0.25, 0.3) is 38.6 Å². The first-order valence-corrected chi connectivity index (χ1v) is 16.1. The highest BCUT2D eigenvalue weighted by Crippen LogP contribution is 2.49. The second-order valence-electron chi connectivity index (χ2n) is 12.5. The van der Waals surface area contributed by atoms with Gasteiger partial charge in [-0.05, 0) is 74.6 Å². The van der Waals surface area contributed by atoms with Crippen LogP contribution in [0.2, 0.25) is 0 Å². The summed E-state index contributed by atoms with van der Waals surface area (Å²) in [4.78, 5) is 7.94. The van der Waals surface area contributed by atoms with E-state index in [0.717, 1.165) is 67.6 Å². The quantitative estimate of drug-likeness (QED) is 0.265. The standard InChI is InChI=1S/C40H35N3O/c1-2-10-26(11-3-1)28-22-29(35-19-18-27-12-4-7-15-34(27)42-35)24-30(23-28)43-36-16-8-5-13-31(36)39-33-14-6-9-17-38(33)44-40(39)32-20-21-41-25-37(32)43/h1-2,4-7,9-10,12-15,17-22,28,30,41H,3,8,11,16,23-25H2/t28?,30-/m0/s1. The van der Waals surface area contributed by atoms with E-state index in [-0.39, 0.29) is 0 Å². The summed E-state index contributed by atoms with van der Waals surface area (Å²) in [5.41, 5.74) is 12.5. The van der Waals surface area contributed by atoms with Gasteiger partial charge in [-0.2, -0.15) is 0 Å². The zero-order valence-corrected chi connectivity index (χ0v) is 24.8. The summed E-state index contributed by atoms with van der Waals surface area (Å²) in [6.45, 7) is 0.780. The fourth-order valence-electron chi connectivity index (χ4n) is 7.98. The van der Waals surface area contributed by atoms with Gasteiger partial charge in [0.1, 0.15) is 11.3 Å². The highest BCUT2D eigenvalue weighted by molar-refractivity contribution is 6.02. The molecule has 0 amide bonds. The fourth-order valence-corrected chi connectivity index (χ4v) is 7.98. The predicted molar refractivity (Wildman–Crippen MR) is 180 cm³/mol. The molecule has 4 aromatic rings. The molecule has 0 fully saturated rings. The molecular weight excluding hydrogens is 538 g/mol. The Morgan fingerprint density at radius 2 is 1.77 bits per heavy atom. The van der Waals surface area contributed by atoms with E-state index in [1.165, 1.54) is 50.0 Å². The van der Waals surface area contributed by atoms with Crippen molar-refractivity contribution in [1.82, 2.24) is 15.2 Å². The Hall–Kier alpha value is -4.83. The van der Waals surface area contributed by atoms with Crippen molar-refractivity contribution in [2.24, 2.45) is 5.92 Å². The number of fused-ring (bicyclic) bond motifs is 6. The molecule has 0 bridgehead atoms. The number of hydrogen-bond donors (Lipinski definition) is 1. The van der Waals surface area contributed by atoms with Crippen LogP contribution in [-0.4, -0.2) is 22.5 Å². The number of hydrogen-bond acceptors (Lipinski definition) is 4. The first-order chi connectivity index (χ1) is 21.8. The van der Waals surface area contributed by atoms with Gasteiger partial charge in [0, 0.05) is 50.8 Å². The molecule has 0 radical (unpaired) electrons.